The average Bonchev–Trinajstić information content (AvgIpc) is 3.14. The third kappa shape index (κ3) is 5.17. The smallest absolute Gasteiger partial charge is 0.337 e. The first-order chi connectivity index (χ1) is 16.0. The molecule has 0 unspecified atom stereocenters. The Morgan fingerprint density at radius 1 is 1.09 bits per heavy atom. The van der Waals surface area contributed by atoms with Gasteiger partial charge in [0.25, 0.3) is 5.91 Å². The summed E-state index contributed by atoms with van der Waals surface area (Å²) in [6, 6.07) is 13.3. The number of amides is 1. The molecule has 1 aliphatic heterocycles. The molecule has 33 heavy (non-hydrogen) atoms. The molecule has 0 aromatic heterocycles. The van der Waals surface area contributed by atoms with Gasteiger partial charge in [0, 0.05) is 6.04 Å². The molecular weight excluding hydrogens is 440 g/mol. The van der Waals surface area contributed by atoms with Crippen molar-refractivity contribution >= 4 is 46.5 Å². The van der Waals surface area contributed by atoms with Crippen LogP contribution in [0.1, 0.15) is 58.4 Å². The van der Waals surface area contributed by atoms with Gasteiger partial charge in [-0.1, -0.05) is 37.5 Å². The van der Waals surface area contributed by atoms with Crippen molar-refractivity contribution in [1.82, 2.24) is 4.90 Å². The average molecular weight is 465 g/mol. The first-order valence-electron chi connectivity index (χ1n) is 10.8. The number of benzene rings is 2. The fraction of sp³-hybridized carbons (Fsp3) is 0.280. The van der Waals surface area contributed by atoms with Gasteiger partial charge in [-0.05, 0) is 66.6 Å². The zero-order valence-electron chi connectivity index (χ0n) is 18.2. The number of aromatic carboxylic acids is 1. The topological polar surface area (TPSA) is 96.3 Å². The molecule has 7 nitrogen and oxygen atoms in total. The molecule has 2 aliphatic rings. The first kappa shape index (κ1) is 22.8. The summed E-state index contributed by atoms with van der Waals surface area (Å²) in [5, 5.41) is 9.85. The van der Waals surface area contributed by atoms with Crippen LogP contribution in [0.2, 0.25) is 0 Å². The van der Waals surface area contributed by atoms with Crippen molar-refractivity contribution in [2.75, 3.05) is 7.11 Å². The Labute approximate surface area is 196 Å². The molecule has 2 aromatic rings. The maximum atomic E-state index is 13.4. The molecule has 0 atom stereocenters. The van der Waals surface area contributed by atoms with Crippen molar-refractivity contribution in [3.05, 3.63) is 70.1 Å². The van der Waals surface area contributed by atoms with E-state index in [9.17, 15) is 19.5 Å². The number of thioether (sulfide) groups is 1. The number of aliphatic imine (C=N–C) groups is 1. The molecule has 2 fully saturated rings. The zero-order chi connectivity index (χ0) is 23.4. The largest absolute Gasteiger partial charge is 0.478 e. The molecule has 2 aromatic carbocycles. The highest BCUT2D eigenvalue weighted by molar-refractivity contribution is 8.18. The number of methoxy groups -OCH3 is 1. The Hall–Kier alpha value is -3.39. The van der Waals surface area contributed by atoms with Gasteiger partial charge in [0.15, 0.2) is 5.17 Å². The van der Waals surface area contributed by atoms with E-state index in [0.29, 0.717) is 21.3 Å². The zero-order valence-corrected chi connectivity index (χ0v) is 19.0. The molecule has 170 valence electrons. The number of hydrogen-bond acceptors (Lipinski definition) is 6. The van der Waals surface area contributed by atoms with Crippen LogP contribution in [0.5, 0.6) is 0 Å². The SMILES string of the molecule is COC(=O)c1ccc(/C=C2\SC(=Nc3cccc(C(=O)O)c3)N(C3CCCCC3)C2=O)cc1. The summed E-state index contributed by atoms with van der Waals surface area (Å²) < 4.78 is 4.73. The van der Waals surface area contributed by atoms with E-state index >= 15 is 0 Å². The molecule has 0 radical (unpaired) electrons. The summed E-state index contributed by atoms with van der Waals surface area (Å²) in [5.41, 5.74) is 1.87. The van der Waals surface area contributed by atoms with Gasteiger partial charge in [0.2, 0.25) is 0 Å². The van der Waals surface area contributed by atoms with Gasteiger partial charge in [-0.3, -0.25) is 9.69 Å². The number of carbonyl (C=O) groups excluding carboxylic acids is 2. The highest BCUT2D eigenvalue weighted by Crippen LogP contribution is 2.38. The summed E-state index contributed by atoms with van der Waals surface area (Å²) in [4.78, 5) is 43.4. The van der Waals surface area contributed by atoms with E-state index in [-0.39, 0.29) is 17.5 Å². The highest BCUT2D eigenvalue weighted by Gasteiger charge is 2.38. The van der Waals surface area contributed by atoms with Crippen molar-refractivity contribution in [3.63, 3.8) is 0 Å². The minimum absolute atomic E-state index is 0.0766. The van der Waals surface area contributed by atoms with E-state index in [2.05, 4.69) is 4.99 Å². The van der Waals surface area contributed by atoms with Crippen molar-refractivity contribution in [3.8, 4) is 0 Å². The number of nitrogens with zero attached hydrogens (tertiary/aromatic N) is 2. The summed E-state index contributed by atoms with van der Waals surface area (Å²) in [6.45, 7) is 0. The normalized spacial score (nSPS) is 19.3. The molecule has 8 heteroatoms. The standard InChI is InChI=1S/C25H24N2O5S/c1-32-24(31)17-12-10-16(11-13-17)14-21-22(28)27(20-8-3-2-4-9-20)25(33-21)26-19-7-5-6-18(15-19)23(29)30/h5-7,10-15,20H,2-4,8-9H2,1H3,(H,29,30)/b21-14-,26-25?. The molecule has 1 N–H and O–H groups in total. The van der Waals surface area contributed by atoms with Gasteiger partial charge in [0.1, 0.15) is 0 Å². The lowest BCUT2D eigenvalue weighted by molar-refractivity contribution is -0.124. The van der Waals surface area contributed by atoms with E-state index in [1.807, 2.05) is 0 Å². The minimum Gasteiger partial charge on any atom is -0.478 e. The lowest BCUT2D eigenvalue weighted by atomic mass is 9.94. The van der Waals surface area contributed by atoms with Gasteiger partial charge in [-0.2, -0.15) is 0 Å². The lowest BCUT2D eigenvalue weighted by Gasteiger charge is -2.30. The fourth-order valence-corrected chi connectivity index (χ4v) is 5.09. The number of esters is 1. The summed E-state index contributed by atoms with van der Waals surface area (Å²) in [5.74, 6) is -1.54. The number of hydrogen-bond donors (Lipinski definition) is 1. The van der Waals surface area contributed by atoms with Crippen LogP contribution in [-0.4, -0.2) is 46.2 Å². The van der Waals surface area contributed by atoms with Gasteiger partial charge in [-0.25, -0.2) is 14.6 Å². The number of rotatable bonds is 5. The van der Waals surface area contributed by atoms with Crippen LogP contribution in [0, 0.1) is 0 Å². The molecule has 0 bridgehead atoms. The van der Waals surface area contributed by atoms with Gasteiger partial charge in [-0.15, -0.1) is 0 Å². The van der Waals surface area contributed by atoms with Crippen LogP contribution in [0.15, 0.2) is 58.4 Å². The number of carbonyl (C=O) groups is 3. The second-order valence-corrected chi connectivity index (χ2v) is 8.95. The van der Waals surface area contributed by atoms with E-state index < -0.39 is 11.9 Å². The van der Waals surface area contributed by atoms with Gasteiger partial charge < -0.3 is 9.84 Å². The Kier molecular flexibility index (Phi) is 6.93. The van der Waals surface area contributed by atoms with Crippen molar-refractivity contribution < 1.29 is 24.2 Å². The molecule has 4 rings (SSSR count). The van der Waals surface area contributed by atoms with Crippen molar-refractivity contribution in [2.24, 2.45) is 4.99 Å². The number of carboxylic acids is 1. The number of amidine groups is 1. The molecule has 0 spiro atoms. The van der Waals surface area contributed by atoms with Crippen LogP contribution in [-0.2, 0) is 9.53 Å². The monoisotopic (exact) mass is 464 g/mol. The molecule has 1 saturated carbocycles. The Balaban J connectivity index is 1.67. The Bertz CT molecular complexity index is 1130. The maximum absolute atomic E-state index is 13.4. The van der Waals surface area contributed by atoms with Crippen LogP contribution in [0.3, 0.4) is 0 Å². The summed E-state index contributed by atoms with van der Waals surface area (Å²) in [7, 11) is 1.33. The minimum atomic E-state index is -1.02. The molecule has 1 aliphatic carbocycles. The van der Waals surface area contributed by atoms with Gasteiger partial charge in [0.05, 0.1) is 28.8 Å². The van der Waals surface area contributed by atoms with E-state index in [0.717, 1.165) is 37.7 Å². The first-order valence-corrected chi connectivity index (χ1v) is 11.6. The summed E-state index contributed by atoms with van der Waals surface area (Å²) >= 11 is 1.29. The predicted octanol–water partition coefficient (Wildman–Crippen LogP) is 5.11. The molecule has 1 saturated heterocycles. The van der Waals surface area contributed by atoms with E-state index in [4.69, 9.17) is 4.74 Å². The highest BCUT2D eigenvalue weighted by atomic mass is 32.2. The predicted molar refractivity (Wildman–Crippen MR) is 128 cm³/mol. The van der Waals surface area contributed by atoms with Crippen LogP contribution < -0.4 is 0 Å². The Morgan fingerprint density at radius 2 is 1.82 bits per heavy atom. The second kappa shape index (κ2) is 10.0. The summed E-state index contributed by atoms with van der Waals surface area (Å²) in [6.07, 6.45) is 6.92. The number of carboxylic acid groups (broad SMARTS) is 1. The van der Waals surface area contributed by atoms with Gasteiger partial charge >= 0.3 is 11.9 Å². The van der Waals surface area contributed by atoms with E-state index in [1.54, 1.807) is 47.4 Å². The quantitative estimate of drug-likeness (QED) is 0.488. The molecular formula is C25H24N2O5S. The molecule has 1 heterocycles. The van der Waals surface area contributed by atoms with Crippen LogP contribution >= 0.6 is 11.8 Å². The third-order valence-electron chi connectivity index (χ3n) is 5.72. The second-order valence-electron chi connectivity index (χ2n) is 7.94. The van der Waals surface area contributed by atoms with Crippen molar-refractivity contribution in [1.29, 1.82) is 0 Å². The maximum Gasteiger partial charge on any atom is 0.337 e. The Morgan fingerprint density at radius 3 is 2.48 bits per heavy atom. The third-order valence-corrected chi connectivity index (χ3v) is 6.71. The van der Waals surface area contributed by atoms with Crippen LogP contribution in [0.25, 0.3) is 6.08 Å². The lowest BCUT2D eigenvalue weighted by Crippen LogP contribution is -2.40. The fourth-order valence-electron chi connectivity index (χ4n) is 4.03. The van der Waals surface area contributed by atoms with Crippen LogP contribution in [0.4, 0.5) is 5.69 Å². The van der Waals surface area contributed by atoms with E-state index in [1.165, 1.54) is 31.0 Å². The van der Waals surface area contributed by atoms with Crippen molar-refractivity contribution in [2.45, 2.75) is 38.1 Å². The number of ether oxygens (including phenoxy) is 1. The molecule has 1 amide bonds.